The molecule has 0 fully saturated rings. The summed E-state index contributed by atoms with van der Waals surface area (Å²) >= 11 is 0. The number of hydrogen-bond acceptors (Lipinski definition) is 4. The molecule has 0 aliphatic carbocycles. The minimum atomic E-state index is -0.267. The van der Waals surface area contributed by atoms with Crippen molar-refractivity contribution in [1.82, 2.24) is 5.43 Å². The predicted molar refractivity (Wildman–Crippen MR) is 59.9 cm³/mol. The molecule has 1 heterocycles. The van der Waals surface area contributed by atoms with Crippen LogP contribution in [0.2, 0.25) is 0 Å². The monoisotopic (exact) mass is 206 g/mol. The Morgan fingerprint density at radius 3 is 3.13 bits per heavy atom. The minimum absolute atomic E-state index is 0.267. The normalized spacial score (nSPS) is 14.1. The van der Waals surface area contributed by atoms with Crippen LogP contribution in [0.25, 0.3) is 0 Å². The number of likely N-dealkylation sites (N-methyl/N-ethyl adjacent to an activating group) is 1. The lowest BCUT2D eigenvalue weighted by Gasteiger charge is -2.28. The van der Waals surface area contributed by atoms with Gasteiger partial charge in [-0.05, 0) is 18.2 Å². The van der Waals surface area contributed by atoms with Crippen LogP contribution in [0.5, 0.6) is 0 Å². The van der Waals surface area contributed by atoms with Gasteiger partial charge in [0.2, 0.25) is 0 Å². The molecule has 5 heteroatoms. The molecule has 0 aromatic heterocycles. The lowest BCUT2D eigenvalue weighted by molar-refractivity contribution is 0.0953. The maximum atomic E-state index is 11.3. The summed E-state index contributed by atoms with van der Waals surface area (Å²) in [5, 5.41) is 3.27. The van der Waals surface area contributed by atoms with Crippen molar-refractivity contribution in [3.63, 3.8) is 0 Å². The second kappa shape index (κ2) is 3.78. The van der Waals surface area contributed by atoms with Crippen molar-refractivity contribution >= 4 is 17.3 Å². The van der Waals surface area contributed by atoms with Crippen LogP contribution in [0, 0.1) is 0 Å². The lowest BCUT2D eigenvalue weighted by Crippen LogP contribution is -2.32. The molecule has 1 aliphatic rings. The largest absolute Gasteiger partial charge is 0.382 e. The van der Waals surface area contributed by atoms with E-state index in [1.165, 1.54) is 0 Å². The molecule has 2 rings (SSSR count). The quantitative estimate of drug-likeness (QED) is 0.347. The second-order valence-corrected chi connectivity index (χ2v) is 3.55. The number of carbonyl (C=O) groups excluding carboxylic acids is 1. The van der Waals surface area contributed by atoms with Gasteiger partial charge in [0.15, 0.2) is 0 Å². The molecule has 1 aromatic rings. The standard InChI is InChI=1S/C10H14N4O/c1-14-5-4-12-8-3-2-7(6-9(8)14)10(15)13-11/h2-3,6,12H,4-5,11H2,1H3,(H,13,15). The number of nitrogens with zero attached hydrogens (tertiary/aromatic N) is 1. The number of anilines is 2. The van der Waals surface area contributed by atoms with E-state index in [0.717, 1.165) is 24.5 Å². The molecule has 15 heavy (non-hydrogen) atoms. The molecule has 1 aromatic carbocycles. The number of nitrogens with one attached hydrogen (secondary N) is 2. The second-order valence-electron chi connectivity index (χ2n) is 3.55. The first kappa shape index (κ1) is 9.79. The SMILES string of the molecule is CN1CCNc2ccc(C(=O)NN)cc21. The average Bonchev–Trinajstić information content (AvgIpc) is 2.28. The fourth-order valence-corrected chi connectivity index (χ4v) is 1.70. The van der Waals surface area contributed by atoms with Gasteiger partial charge < -0.3 is 10.2 Å². The third kappa shape index (κ3) is 1.73. The summed E-state index contributed by atoms with van der Waals surface area (Å²) < 4.78 is 0. The highest BCUT2D eigenvalue weighted by Gasteiger charge is 2.15. The first-order valence-electron chi connectivity index (χ1n) is 4.82. The number of carbonyl (C=O) groups is 1. The third-order valence-electron chi connectivity index (χ3n) is 2.56. The van der Waals surface area contributed by atoms with Crippen LogP contribution in [-0.4, -0.2) is 26.0 Å². The van der Waals surface area contributed by atoms with Crippen molar-refractivity contribution in [2.45, 2.75) is 0 Å². The number of amides is 1. The van der Waals surface area contributed by atoms with Crippen molar-refractivity contribution < 1.29 is 4.79 Å². The molecule has 0 unspecified atom stereocenters. The Morgan fingerprint density at radius 2 is 2.40 bits per heavy atom. The average molecular weight is 206 g/mol. The summed E-state index contributed by atoms with van der Waals surface area (Å²) in [6, 6.07) is 5.49. The van der Waals surface area contributed by atoms with Gasteiger partial charge in [0.1, 0.15) is 0 Å². The summed E-state index contributed by atoms with van der Waals surface area (Å²) in [5.74, 6) is 4.82. The molecule has 0 spiro atoms. The highest BCUT2D eigenvalue weighted by Crippen LogP contribution is 2.28. The number of nitrogen functional groups attached to an aromatic ring is 1. The van der Waals surface area contributed by atoms with Gasteiger partial charge in [-0.15, -0.1) is 0 Å². The number of nitrogens with two attached hydrogens (primary N) is 1. The van der Waals surface area contributed by atoms with E-state index in [2.05, 4.69) is 15.6 Å². The van der Waals surface area contributed by atoms with Crippen LogP contribution in [0.15, 0.2) is 18.2 Å². The van der Waals surface area contributed by atoms with E-state index < -0.39 is 0 Å². The molecular formula is C10H14N4O. The van der Waals surface area contributed by atoms with Crippen molar-refractivity contribution in [2.24, 2.45) is 5.84 Å². The summed E-state index contributed by atoms with van der Waals surface area (Å²) in [6.45, 7) is 1.85. The zero-order valence-electron chi connectivity index (χ0n) is 8.58. The molecule has 1 aliphatic heterocycles. The van der Waals surface area contributed by atoms with Crippen molar-refractivity contribution in [3.05, 3.63) is 23.8 Å². The maximum absolute atomic E-state index is 11.3. The lowest BCUT2D eigenvalue weighted by atomic mass is 10.1. The van der Waals surface area contributed by atoms with E-state index in [0.29, 0.717) is 5.56 Å². The Kier molecular flexibility index (Phi) is 2.47. The summed E-state index contributed by atoms with van der Waals surface area (Å²) in [7, 11) is 2.00. The third-order valence-corrected chi connectivity index (χ3v) is 2.56. The first-order valence-corrected chi connectivity index (χ1v) is 4.82. The topological polar surface area (TPSA) is 70.4 Å². The molecule has 4 N–H and O–H groups in total. The zero-order chi connectivity index (χ0) is 10.8. The molecule has 0 saturated carbocycles. The van der Waals surface area contributed by atoms with E-state index in [9.17, 15) is 4.79 Å². The Labute approximate surface area is 88.2 Å². The minimum Gasteiger partial charge on any atom is -0.382 e. The van der Waals surface area contributed by atoms with Gasteiger partial charge in [-0.25, -0.2) is 5.84 Å². The maximum Gasteiger partial charge on any atom is 0.265 e. The highest BCUT2D eigenvalue weighted by molar-refractivity contribution is 5.96. The van der Waals surface area contributed by atoms with Gasteiger partial charge in [-0.2, -0.15) is 0 Å². The Bertz CT molecular complexity index is 391. The molecule has 0 saturated heterocycles. The van der Waals surface area contributed by atoms with Crippen LogP contribution in [0.4, 0.5) is 11.4 Å². The number of hydrazine groups is 1. The number of rotatable bonds is 1. The number of benzene rings is 1. The van der Waals surface area contributed by atoms with Gasteiger partial charge >= 0.3 is 0 Å². The van der Waals surface area contributed by atoms with Crippen LogP contribution >= 0.6 is 0 Å². The van der Waals surface area contributed by atoms with E-state index in [-0.39, 0.29) is 5.91 Å². The van der Waals surface area contributed by atoms with Crippen LogP contribution < -0.4 is 21.5 Å². The summed E-state index contributed by atoms with van der Waals surface area (Å²) in [4.78, 5) is 13.4. The van der Waals surface area contributed by atoms with E-state index in [1.807, 2.05) is 19.2 Å². The smallest absolute Gasteiger partial charge is 0.265 e. The number of hydrogen-bond donors (Lipinski definition) is 3. The fourth-order valence-electron chi connectivity index (χ4n) is 1.70. The molecular weight excluding hydrogens is 192 g/mol. The van der Waals surface area contributed by atoms with Crippen LogP contribution in [0.1, 0.15) is 10.4 Å². The molecule has 0 bridgehead atoms. The van der Waals surface area contributed by atoms with E-state index in [4.69, 9.17) is 5.84 Å². The van der Waals surface area contributed by atoms with Crippen LogP contribution in [0.3, 0.4) is 0 Å². The van der Waals surface area contributed by atoms with Crippen molar-refractivity contribution in [2.75, 3.05) is 30.4 Å². The molecule has 0 radical (unpaired) electrons. The Hall–Kier alpha value is -1.75. The number of fused-ring (bicyclic) bond motifs is 1. The molecule has 0 atom stereocenters. The summed E-state index contributed by atoms with van der Waals surface area (Å²) in [6.07, 6.45) is 0. The first-order chi connectivity index (χ1) is 7.22. The fraction of sp³-hybridized carbons (Fsp3) is 0.300. The molecule has 1 amide bonds. The predicted octanol–water partition coefficient (Wildman–Crippen LogP) is 0.152. The van der Waals surface area contributed by atoms with E-state index in [1.54, 1.807) is 6.07 Å². The van der Waals surface area contributed by atoms with Gasteiger partial charge in [0.05, 0.1) is 11.4 Å². The van der Waals surface area contributed by atoms with Gasteiger partial charge in [-0.3, -0.25) is 10.2 Å². The Morgan fingerprint density at radius 1 is 1.60 bits per heavy atom. The molecule has 5 nitrogen and oxygen atoms in total. The molecule has 80 valence electrons. The van der Waals surface area contributed by atoms with Gasteiger partial charge in [-0.1, -0.05) is 0 Å². The van der Waals surface area contributed by atoms with Crippen molar-refractivity contribution in [3.8, 4) is 0 Å². The van der Waals surface area contributed by atoms with Gasteiger partial charge in [0, 0.05) is 25.7 Å². The summed E-state index contributed by atoms with van der Waals surface area (Å²) in [5.41, 5.74) is 4.78. The Balaban J connectivity index is 2.39. The van der Waals surface area contributed by atoms with Gasteiger partial charge in [0.25, 0.3) is 5.91 Å². The highest BCUT2D eigenvalue weighted by atomic mass is 16.2. The van der Waals surface area contributed by atoms with Crippen LogP contribution in [-0.2, 0) is 0 Å². The zero-order valence-corrected chi connectivity index (χ0v) is 8.58. The van der Waals surface area contributed by atoms with Crippen molar-refractivity contribution in [1.29, 1.82) is 0 Å². The van der Waals surface area contributed by atoms with E-state index >= 15 is 0 Å².